The minimum absolute atomic E-state index is 0.152. The summed E-state index contributed by atoms with van der Waals surface area (Å²) in [5.74, 6) is -0.193. The highest BCUT2D eigenvalue weighted by Gasteiger charge is 2.38. The van der Waals surface area contributed by atoms with Crippen LogP contribution in [0.15, 0.2) is 103 Å². The number of anilines is 1. The molecule has 224 valence electrons. The number of hydrogen-bond donors (Lipinski definition) is 0. The summed E-state index contributed by atoms with van der Waals surface area (Å²) < 4.78 is 0. The molecule has 0 saturated carbocycles. The van der Waals surface area contributed by atoms with Gasteiger partial charge in [0, 0.05) is 16.5 Å². The number of nitrogens with zero attached hydrogens (tertiary/aromatic N) is 1. The van der Waals surface area contributed by atoms with Crippen molar-refractivity contribution in [3.63, 3.8) is 0 Å². The lowest BCUT2D eigenvalue weighted by Crippen LogP contribution is -2.41. The van der Waals surface area contributed by atoms with E-state index in [1.807, 2.05) is 18.2 Å². The van der Waals surface area contributed by atoms with E-state index in [1.165, 1.54) is 48.0 Å². The molecule has 0 fully saturated rings. The van der Waals surface area contributed by atoms with Gasteiger partial charge in [0.1, 0.15) is 0 Å². The van der Waals surface area contributed by atoms with E-state index in [9.17, 15) is 9.59 Å². The maximum absolute atomic E-state index is 14.6. The number of carbonyl (C=O) groups excluding carboxylic acids is 2. The fourth-order valence-electron chi connectivity index (χ4n) is 8.79. The van der Waals surface area contributed by atoms with Crippen LogP contribution in [-0.2, 0) is 0 Å². The molecule has 9 aromatic rings. The molecule has 0 aromatic heterocycles. The third-order valence-corrected chi connectivity index (χ3v) is 10.8. The zero-order valence-corrected chi connectivity index (χ0v) is 26.7. The molecular weight excluding hydrogens is 574 g/mol. The monoisotopic (exact) mass is 605 g/mol. The predicted molar refractivity (Wildman–Crippen MR) is 197 cm³/mol. The fraction of sp³-hybridized carbons (Fsp3) is 0.136. The van der Waals surface area contributed by atoms with Gasteiger partial charge in [-0.3, -0.25) is 9.59 Å². The quantitative estimate of drug-likeness (QED) is 0.114. The summed E-state index contributed by atoms with van der Waals surface area (Å²) in [5, 5.41) is 16.3. The molecule has 0 radical (unpaired) electrons. The second-order valence-electron chi connectivity index (χ2n) is 13.9. The van der Waals surface area contributed by atoms with Gasteiger partial charge in [-0.1, -0.05) is 119 Å². The second kappa shape index (κ2) is 9.04. The van der Waals surface area contributed by atoms with Gasteiger partial charge >= 0.3 is 0 Å². The zero-order valence-electron chi connectivity index (χ0n) is 26.7. The molecular formula is C44H31NO2. The van der Waals surface area contributed by atoms with Gasteiger partial charge in [-0.25, -0.2) is 4.90 Å². The van der Waals surface area contributed by atoms with Crippen molar-refractivity contribution in [1.29, 1.82) is 0 Å². The van der Waals surface area contributed by atoms with Gasteiger partial charge in [0.15, 0.2) is 0 Å². The normalized spacial score (nSPS) is 14.0. The van der Waals surface area contributed by atoms with Gasteiger partial charge in [0.25, 0.3) is 11.8 Å². The van der Waals surface area contributed by atoms with Gasteiger partial charge in [-0.15, -0.1) is 0 Å². The molecule has 0 saturated heterocycles. The Balaban J connectivity index is 1.31. The summed E-state index contributed by atoms with van der Waals surface area (Å²) in [6.07, 6.45) is 0. The lowest BCUT2D eigenvalue weighted by atomic mass is 9.81. The first kappa shape index (κ1) is 26.7. The van der Waals surface area contributed by atoms with Crippen LogP contribution < -0.4 is 4.90 Å². The molecule has 0 atom stereocenters. The molecule has 9 aromatic carbocycles. The van der Waals surface area contributed by atoms with E-state index in [2.05, 4.69) is 113 Å². The Bertz CT molecular complexity index is 2660. The van der Waals surface area contributed by atoms with Crippen molar-refractivity contribution in [2.24, 2.45) is 0 Å². The van der Waals surface area contributed by atoms with Crippen LogP contribution in [0.4, 0.5) is 5.69 Å². The van der Waals surface area contributed by atoms with E-state index in [1.54, 1.807) is 0 Å². The Labute approximate surface area is 271 Å². The number of carbonyl (C=O) groups is 2. The number of imide groups is 1. The first-order valence-electron chi connectivity index (χ1n) is 16.6. The van der Waals surface area contributed by atoms with Crippen LogP contribution in [-0.4, -0.2) is 11.8 Å². The van der Waals surface area contributed by atoms with Gasteiger partial charge < -0.3 is 0 Å². The predicted octanol–water partition coefficient (Wildman–Crippen LogP) is 11.7. The van der Waals surface area contributed by atoms with Crippen LogP contribution in [0.5, 0.6) is 0 Å². The number of amides is 2. The van der Waals surface area contributed by atoms with Crippen molar-refractivity contribution in [3.05, 3.63) is 125 Å². The molecule has 0 aliphatic carbocycles. The molecule has 47 heavy (non-hydrogen) atoms. The van der Waals surface area contributed by atoms with Crippen LogP contribution in [0.3, 0.4) is 0 Å². The Kier molecular flexibility index (Phi) is 5.13. The largest absolute Gasteiger partial charge is 0.268 e. The Morgan fingerprint density at radius 2 is 0.766 bits per heavy atom. The van der Waals surface area contributed by atoms with Crippen LogP contribution in [0.25, 0.3) is 75.4 Å². The lowest BCUT2D eigenvalue weighted by Gasteiger charge is -2.32. The highest BCUT2D eigenvalue weighted by molar-refractivity contribution is 6.45. The third-order valence-electron chi connectivity index (χ3n) is 10.8. The molecule has 1 aliphatic rings. The number of hydrogen-bond acceptors (Lipinski definition) is 2. The minimum atomic E-state index is -0.248. The maximum atomic E-state index is 14.6. The summed E-state index contributed by atoms with van der Waals surface area (Å²) >= 11 is 0. The standard InChI is InChI=1S/C44H31NO2/c1-22(2)25-10-7-11-26(23(3)4)42(25)45-43(46)35-20-18-33-31-16-14-29-27-12-5-8-24-9-6-13-28(37(24)27)30-15-17-32(39(31)38(29)30)34-19-21-36(44(45)47)41(35)40(33)34/h5-23H,1-4H3. The van der Waals surface area contributed by atoms with Gasteiger partial charge in [0.05, 0.1) is 5.69 Å². The highest BCUT2D eigenvalue weighted by Crippen LogP contribution is 2.49. The van der Waals surface area contributed by atoms with Gasteiger partial charge in [-0.2, -0.15) is 0 Å². The van der Waals surface area contributed by atoms with Crippen molar-refractivity contribution in [2.75, 3.05) is 4.90 Å². The Morgan fingerprint density at radius 3 is 1.19 bits per heavy atom. The number of fused-ring (bicyclic) bond motifs is 4. The van der Waals surface area contributed by atoms with E-state index in [0.717, 1.165) is 49.1 Å². The van der Waals surface area contributed by atoms with Crippen molar-refractivity contribution >= 4 is 92.9 Å². The van der Waals surface area contributed by atoms with Crippen LogP contribution in [0.1, 0.15) is 71.4 Å². The molecule has 0 N–H and O–H groups in total. The van der Waals surface area contributed by atoms with E-state index in [-0.39, 0.29) is 23.7 Å². The molecule has 0 bridgehead atoms. The SMILES string of the molecule is CC(C)c1cccc(C(C)C)c1N1C(=O)c2ccc3c4ccc5c6cccc7cccc(c8ccc(c9ccc(c2c39)C1=O)c4c58)c76. The highest BCUT2D eigenvalue weighted by atomic mass is 16.2. The topological polar surface area (TPSA) is 37.4 Å². The maximum Gasteiger partial charge on any atom is 0.266 e. The van der Waals surface area contributed by atoms with E-state index < -0.39 is 0 Å². The van der Waals surface area contributed by atoms with E-state index in [4.69, 9.17) is 0 Å². The first-order valence-corrected chi connectivity index (χ1v) is 16.6. The van der Waals surface area contributed by atoms with Crippen LogP contribution >= 0.6 is 0 Å². The zero-order chi connectivity index (χ0) is 31.9. The molecule has 1 aliphatic heterocycles. The van der Waals surface area contributed by atoms with Gasteiger partial charge in [0.2, 0.25) is 0 Å². The second-order valence-corrected chi connectivity index (χ2v) is 13.9. The number of rotatable bonds is 3. The summed E-state index contributed by atoms with van der Waals surface area (Å²) in [6.45, 7) is 8.48. The van der Waals surface area contributed by atoms with E-state index >= 15 is 0 Å². The van der Waals surface area contributed by atoms with Gasteiger partial charge in [-0.05, 0) is 105 Å². The Morgan fingerprint density at radius 1 is 0.404 bits per heavy atom. The molecule has 3 nitrogen and oxygen atoms in total. The molecule has 0 unspecified atom stereocenters. The minimum Gasteiger partial charge on any atom is -0.268 e. The summed E-state index contributed by atoms with van der Waals surface area (Å²) in [5.41, 5.74) is 3.94. The molecule has 10 rings (SSSR count). The van der Waals surface area contributed by atoms with Crippen LogP contribution in [0, 0.1) is 0 Å². The summed E-state index contributed by atoms with van der Waals surface area (Å²) in [6, 6.07) is 36.5. The van der Waals surface area contributed by atoms with Crippen molar-refractivity contribution in [1.82, 2.24) is 0 Å². The average molecular weight is 606 g/mol. The molecule has 3 heteroatoms. The third kappa shape index (κ3) is 3.21. The molecule has 1 heterocycles. The summed E-state index contributed by atoms with van der Waals surface area (Å²) in [7, 11) is 0. The lowest BCUT2D eigenvalue weighted by molar-refractivity contribution is 0.0893. The van der Waals surface area contributed by atoms with E-state index in [0.29, 0.717) is 11.1 Å². The average Bonchev–Trinajstić information content (AvgIpc) is 3.08. The summed E-state index contributed by atoms with van der Waals surface area (Å²) in [4.78, 5) is 30.6. The number of benzene rings is 9. The smallest absolute Gasteiger partial charge is 0.266 e. The molecule has 2 amide bonds. The molecule has 0 spiro atoms. The fourth-order valence-corrected chi connectivity index (χ4v) is 8.79. The van der Waals surface area contributed by atoms with Crippen LogP contribution in [0.2, 0.25) is 0 Å². The van der Waals surface area contributed by atoms with Crippen molar-refractivity contribution in [3.8, 4) is 0 Å². The van der Waals surface area contributed by atoms with Crippen molar-refractivity contribution < 1.29 is 9.59 Å². The Hall–Kier alpha value is -5.54. The first-order chi connectivity index (χ1) is 22.8. The number of para-hydroxylation sites is 1. The van der Waals surface area contributed by atoms with Crippen molar-refractivity contribution in [2.45, 2.75) is 39.5 Å².